The fourth-order valence-corrected chi connectivity index (χ4v) is 2.03. The lowest BCUT2D eigenvalue weighted by Crippen LogP contribution is -2.38. The van der Waals surface area contributed by atoms with E-state index in [1.165, 1.54) is 30.9 Å². The van der Waals surface area contributed by atoms with Gasteiger partial charge < -0.3 is 15.9 Å². The van der Waals surface area contributed by atoms with Crippen LogP contribution < -0.4 is 5.73 Å². The van der Waals surface area contributed by atoms with Crippen LogP contribution in [0.25, 0.3) is 0 Å². The molecule has 0 aliphatic heterocycles. The molecule has 4 N–H and O–H groups in total. The summed E-state index contributed by atoms with van der Waals surface area (Å²) in [6.07, 6.45) is 4.26. The van der Waals surface area contributed by atoms with Crippen LogP contribution in [0.4, 0.5) is 0 Å². The van der Waals surface area contributed by atoms with Gasteiger partial charge in [-0.2, -0.15) is 0 Å². The van der Waals surface area contributed by atoms with Crippen LogP contribution in [0.2, 0.25) is 0 Å². The predicted octanol–water partition coefficient (Wildman–Crippen LogP) is 2.33. The molecule has 0 amide bonds. The normalized spacial score (nSPS) is 15.8. The minimum atomic E-state index is -0.903. The Morgan fingerprint density at radius 2 is 1.84 bits per heavy atom. The Balaban J connectivity index is 2.62. The van der Waals surface area contributed by atoms with Gasteiger partial charge in [-0.3, -0.25) is 0 Å². The molecule has 3 heteroatoms. The van der Waals surface area contributed by atoms with E-state index in [0.717, 1.165) is 12.0 Å². The SMILES string of the molecule is C=CC(O)C(N)C(O)c1ccc(CCCCC)cc1. The second-order valence-electron chi connectivity index (χ2n) is 4.95. The van der Waals surface area contributed by atoms with Crippen molar-refractivity contribution in [3.05, 3.63) is 48.0 Å². The molecule has 1 aromatic rings. The summed E-state index contributed by atoms with van der Waals surface area (Å²) in [5, 5.41) is 19.6. The first-order valence-electron chi connectivity index (χ1n) is 6.93. The lowest BCUT2D eigenvalue weighted by Gasteiger charge is -2.22. The molecule has 3 nitrogen and oxygen atoms in total. The quantitative estimate of drug-likeness (QED) is 0.498. The molecule has 1 rings (SSSR count). The van der Waals surface area contributed by atoms with Gasteiger partial charge in [-0.05, 0) is 24.0 Å². The molecular formula is C16H25NO2. The van der Waals surface area contributed by atoms with Crippen LogP contribution in [0.5, 0.6) is 0 Å². The molecule has 0 bridgehead atoms. The summed E-state index contributed by atoms with van der Waals surface area (Å²) in [4.78, 5) is 0. The molecule has 0 saturated heterocycles. The van der Waals surface area contributed by atoms with Crippen molar-refractivity contribution in [2.45, 2.75) is 50.9 Å². The number of hydrogen-bond acceptors (Lipinski definition) is 3. The third-order valence-electron chi connectivity index (χ3n) is 3.39. The smallest absolute Gasteiger partial charge is 0.0969 e. The van der Waals surface area contributed by atoms with Crippen molar-refractivity contribution in [1.29, 1.82) is 0 Å². The molecular weight excluding hydrogens is 238 g/mol. The van der Waals surface area contributed by atoms with E-state index in [9.17, 15) is 10.2 Å². The van der Waals surface area contributed by atoms with Crippen molar-refractivity contribution in [1.82, 2.24) is 0 Å². The highest BCUT2D eigenvalue weighted by molar-refractivity contribution is 5.25. The lowest BCUT2D eigenvalue weighted by molar-refractivity contribution is 0.0786. The lowest BCUT2D eigenvalue weighted by atomic mass is 9.97. The van der Waals surface area contributed by atoms with Crippen molar-refractivity contribution in [2.24, 2.45) is 5.73 Å². The minimum absolute atomic E-state index is 0.729. The number of rotatable bonds is 8. The number of unbranched alkanes of at least 4 members (excludes halogenated alkanes) is 2. The number of aryl methyl sites for hydroxylation is 1. The zero-order valence-electron chi connectivity index (χ0n) is 11.6. The monoisotopic (exact) mass is 263 g/mol. The Bertz CT molecular complexity index is 375. The van der Waals surface area contributed by atoms with Gasteiger partial charge in [0, 0.05) is 0 Å². The van der Waals surface area contributed by atoms with Crippen LogP contribution >= 0.6 is 0 Å². The van der Waals surface area contributed by atoms with E-state index in [0.29, 0.717) is 0 Å². The molecule has 0 saturated carbocycles. The van der Waals surface area contributed by atoms with Crippen molar-refractivity contribution in [3.63, 3.8) is 0 Å². The molecule has 0 radical (unpaired) electrons. The third kappa shape index (κ3) is 4.78. The second-order valence-corrected chi connectivity index (χ2v) is 4.95. The number of nitrogens with two attached hydrogens (primary N) is 1. The van der Waals surface area contributed by atoms with Crippen LogP contribution in [0, 0.1) is 0 Å². The summed E-state index contributed by atoms with van der Waals surface area (Å²) in [6, 6.07) is 7.04. The molecule has 19 heavy (non-hydrogen) atoms. The highest BCUT2D eigenvalue weighted by Crippen LogP contribution is 2.19. The number of aliphatic hydroxyl groups excluding tert-OH is 2. The van der Waals surface area contributed by atoms with Gasteiger partial charge in [-0.15, -0.1) is 6.58 Å². The van der Waals surface area contributed by atoms with E-state index < -0.39 is 18.2 Å². The molecule has 1 aromatic carbocycles. The van der Waals surface area contributed by atoms with E-state index in [2.05, 4.69) is 13.5 Å². The Morgan fingerprint density at radius 1 is 1.21 bits per heavy atom. The predicted molar refractivity (Wildman–Crippen MR) is 78.8 cm³/mol. The van der Waals surface area contributed by atoms with Crippen LogP contribution in [-0.4, -0.2) is 22.4 Å². The molecule has 0 aliphatic rings. The molecule has 0 aromatic heterocycles. The van der Waals surface area contributed by atoms with Gasteiger partial charge in [-0.25, -0.2) is 0 Å². The van der Waals surface area contributed by atoms with E-state index in [1.807, 2.05) is 24.3 Å². The minimum Gasteiger partial charge on any atom is -0.387 e. The average molecular weight is 263 g/mol. The molecule has 3 atom stereocenters. The van der Waals surface area contributed by atoms with Crippen LogP contribution in [-0.2, 0) is 6.42 Å². The van der Waals surface area contributed by atoms with Gasteiger partial charge >= 0.3 is 0 Å². The van der Waals surface area contributed by atoms with Gasteiger partial charge in [0.05, 0.1) is 18.2 Å². The third-order valence-corrected chi connectivity index (χ3v) is 3.39. The Kier molecular flexibility index (Phi) is 6.78. The van der Waals surface area contributed by atoms with Gasteiger partial charge in [0.25, 0.3) is 0 Å². The number of hydrogen-bond donors (Lipinski definition) is 3. The van der Waals surface area contributed by atoms with Crippen molar-refractivity contribution < 1.29 is 10.2 Å². The molecule has 0 heterocycles. The van der Waals surface area contributed by atoms with Crippen LogP contribution in [0.15, 0.2) is 36.9 Å². The summed E-state index contributed by atoms with van der Waals surface area (Å²) >= 11 is 0. The highest BCUT2D eigenvalue weighted by atomic mass is 16.3. The fraction of sp³-hybridized carbons (Fsp3) is 0.500. The van der Waals surface area contributed by atoms with Crippen LogP contribution in [0.1, 0.15) is 43.4 Å². The summed E-state index contributed by atoms with van der Waals surface area (Å²) < 4.78 is 0. The highest BCUT2D eigenvalue weighted by Gasteiger charge is 2.22. The van der Waals surface area contributed by atoms with Crippen molar-refractivity contribution >= 4 is 0 Å². The average Bonchev–Trinajstić information content (AvgIpc) is 2.46. The Morgan fingerprint density at radius 3 is 2.37 bits per heavy atom. The standard InChI is InChI=1S/C16H25NO2/c1-3-5-6-7-12-8-10-13(11-9-12)16(19)15(17)14(18)4-2/h4,8-11,14-16,18-19H,2-3,5-7,17H2,1H3. The molecule has 3 unspecified atom stereocenters. The summed E-state index contributed by atoms with van der Waals surface area (Å²) in [5.41, 5.74) is 7.76. The largest absolute Gasteiger partial charge is 0.387 e. The Labute approximate surface area is 115 Å². The Hall–Kier alpha value is -1.16. The van der Waals surface area contributed by atoms with E-state index >= 15 is 0 Å². The first-order chi connectivity index (χ1) is 9.10. The second kappa shape index (κ2) is 8.10. The number of aliphatic hydroxyl groups is 2. The molecule has 0 aliphatic carbocycles. The first-order valence-corrected chi connectivity index (χ1v) is 6.93. The van der Waals surface area contributed by atoms with Gasteiger partial charge in [-0.1, -0.05) is 50.1 Å². The van der Waals surface area contributed by atoms with Crippen molar-refractivity contribution in [2.75, 3.05) is 0 Å². The maximum absolute atomic E-state index is 10.1. The van der Waals surface area contributed by atoms with Crippen molar-refractivity contribution in [3.8, 4) is 0 Å². The summed E-state index contributed by atoms with van der Waals surface area (Å²) in [6.45, 7) is 5.66. The summed E-state index contributed by atoms with van der Waals surface area (Å²) in [7, 11) is 0. The van der Waals surface area contributed by atoms with Gasteiger partial charge in [0.2, 0.25) is 0 Å². The summed E-state index contributed by atoms with van der Waals surface area (Å²) in [5.74, 6) is 0. The van der Waals surface area contributed by atoms with E-state index in [-0.39, 0.29) is 0 Å². The maximum atomic E-state index is 10.1. The fourth-order valence-electron chi connectivity index (χ4n) is 2.03. The zero-order valence-corrected chi connectivity index (χ0v) is 11.6. The zero-order chi connectivity index (χ0) is 14.3. The first kappa shape index (κ1) is 15.9. The van der Waals surface area contributed by atoms with E-state index in [1.54, 1.807) is 0 Å². The molecule has 0 spiro atoms. The number of benzene rings is 1. The van der Waals surface area contributed by atoms with Gasteiger partial charge in [0.15, 0.2) is 0 Å². The van der Waals surface area contributed by atoms with E-state index in [4.69, 9.17) is 5.73 Å². The van der Waals surface area contributed by atoms with Gasteiger partial charge in [0.1, 0.15) is 0 Å². The topological polar surface area (TPSA) is 66.5 Å². The molecule has 106 valence electrons. The molecule has 0 fully saturated rings. The maximum Gasteiger partial charge on any atom is 0.0969 e. The van der Waals surface area contributed by atoms with Crippen LogP contribution in [0.3, 0.4) is 0 Å².